The van der Waals surface area contributed by atoms with Gasteiger partial charge in [-0.3, -0.25) is 4.79 Å². The molecule has 1 amide bonds. The summed E-state index contributed by atoms with van der Waals surface area (Å²) in [4.78, 5) is 12.2. The van der Waals surface area contributed by atoms with Gasteiger partial charge in [0.05, 0.1) is 5.56 Å². The number of carbonyl (C=O) groups excluding carboxylic acids is 1. The van der Waals surface area contributed by atoms with E-state index in [-0.39, 0.29) is 28.7 Å². The van der Waals surface area contributed by atoms with Gasteiger partial charge in [0.2, 0.25) is 0 Å². The molecule has 1 aromatic carbocycles. The first-order chi connectivity index (χ1) is 8.75. The van der Waals surface area contributed by atoms with E-state index in [1.54, 1.807) is 6.07 Å². The zero-order chi connectivity index (χ0) is 14.6. The molecule has 0 aliphatic heterocycles. The van der Waals surface area contributed by atoms with Crippen LogP contribution in [0.4, 0.5) is 0 Å². The third-order valence-corrected chi connectivity index (χ3v) is 3.65. The number of rotatable bonds is 4. The summed E-state index contributed by atoms with van der Waals surface area (Å²) in [5.74, 6) is -0.383. The zero-order valence-electron chi connectivity index (χ0n) is 11.3. The first kappa shape index (κ1) is 16.3. The van der Waals surface area contributed by atoms with Crippen LogP contribution in [-0.4, -0.2) is 22.4 Å². The molecule has 1 rings (SSSR count). The van der Waals surface area contributed by atoms with E-state index >= 15 is 0 Å². The maximum Gasteiger partial charge on any atom is 0.255 e. The van der Waals surface area contributed by atoms with Gasteiger partial charge >= 0.3 is 0 Å². The van der Waals surface area contributed by atoms with E-state index in [2.05, 4.69) is 42.0 Å². The van der Waals surface area contributed by atoms with Gasteiger partial charge in [-0.25, -0.2) is 0 Å². The van der Waals surface area contributed by atoms with E-state index in [0.29, 0.717) is 5.02 Å². The molecule has 0 aliphatic carbocycles. The molecule has 106 valence electrons. The molecule has 0 saturated heterocycles. The number of phenolic OH excluding ortho intramolecular Hbond substituents is 1. The zero-order valence-corrected chi connectivity index (χ0v) is 13.7. The number of amides is 1. The maximum absolute atomic E-state index is 12.2. The highest BCUT2D eigenvalue weighted by atomic mass is 79.9. The summed E-state index contributed by atoms with van der Waals surface area (Å²) in [6, 6.07) is 4.51. The quantitative estimate of drug-likeness (QED) is 0.809. The van der Waals surface area contributed by atoms with Crippen molar-refractivity contribution >= 4 is 33.4 Å². The molecular formula is C14H19BrClNO2. The highest BCUT2D eigenvalue weighted by Gasteiger charge is 2.26. The molecule has 2 N–H and O–H groups in total. The van der Waals surface area contributed by atoms with E-state index in [9.17, 15) is 9.90 Å². The highest BCUT2D eigenvalue weighted by molar-refractivity contribution is 9.09. The van der Waals surface area contributed by atoms with Crippen molar-refractivity contribution in [2.24, 2.45) is 5.41 Å². The van der Waals surface area contributed by atoms with Crippen LogP contribution in [-0.2, 0) is 0 Å². The number of hydrogen-bond donors (Lipinski definition) is 2. The number of alkyl halides is 1. The SMILES string of the molecule is CC(C)(C)C(CCBr)NC(=O)c1ccc(Cl)cc1O. The minimum atomic E-state index is -0.282. The van der Waals surface area contributed by atoms with Gasteiger partial charge in [0.15, 0.2) is 0 Å². The molecule has 1 unspecified atom stereocenters. The lowest BCUT2D eigenvalue weighted by atomic mass is 9.85. The first-order valence-corrected chi connectivity index (χ1v) is 7.61. The molecule has 0 spiro atoms. The summed E-state index contributed by atoms with van der Waals surface area (Å²) in [7, 11) is 0. The van der Waals surface area contributed by atoms with Crippen molar-refractivity contribution in [3.63, 3.8) is 0 Å². The third-order valence-electron chi connectivity index (χ3n) is 2.95. The molecule has 0 aromatic heterocycles. The topological polar surface area (TPSA) is 49.3 Å². The monoisotopic (exact) mass is 347 g/mol. The van der Waals surface area contributed by atoms with Gasteiger partial charge in [0.1, 0.15) is 5.75 Å². The summed E-state index contributed by atoms with van der Waals surface area (Å²) in [5.41, 5.74) is 0.194. The predicted octanol–water partition coefficient (Wildman–Crippen LogP) is 3.98. The Balaban J connectivity index is 2.88. The summed E-state index contributed by atoms with van der Waals surface area (Å²) in [6.07, 6.45) is 0.823. The molecule has 3 nitrogen and oxygen atoms in total. The van der Waals surface area contributed by atoms with Gasteiger partial charge in [-0.1, -0.05) is 48.3 Å². The Labute approximate surface area is 127 Å². The summed E-state index contributed by atoms with van der Waals surface area (Å²) in [5, 5.41) is 13.9. The molecule has 0 saturated carbocycles. The molecule has 0 radical (unpaired) electrons. The van der Waals surface area contributed by atoms with Gasteiger partial charge in [-0.2, -0.15) is 0 Å². The van der Waals surface area contributed by atoms with Crippen LogP contribution in [0.1, 0.15) is 37.6 Å². The van der Waals surface area contributed by atoms with E-state index in [1.807, 2.05) is 0 Å². The largest absolute Gasteiger partial charge is 0.507 e. The fraction of sp³-hybridized carbons (Fsp3) is 0.500. The normalized spacial score (nSPS) is 13.1. The minimum absolute atomic E-state index is 0.0226. The Morgan fingerprint density at radius 2 is 2.11 bits per heavy atom. The van der Waals surface area contributed by atoms with Crippen molar-refractivity contribution in [2.75, 3.05) is 5.33 Å². The second kappa shape index (κ2) is 6.62. The molecular weight excluding hydrogens is 330 g/mol. The molecule has 0 aliphatic rings. The lowest BCUT2D eigenvalue weighted by molar-refractivity contribution is 0.0898. The van der Waals surface area contributed by atoms with Gasteiger partial charge in [-0.05, 0) is 30.0 Å². The molecule has 0 bridgehead atoms. The lowest BCUT2D eigenvalue weighted by Gasteiger charge is -2.31. The fourth-order valence-corrected chi connectivity index (χ4v) is 2.39. The van der Waals surface area contributed by atoms with Crippen molar-refractivity contribution in [3.05, 3.63) is 28.8 Å². The van der Waals surface area contributed by atoms with E-state index in [4.69, 9.17) is 11.6 Å². The fourth-order valence-electron chi connectivity index (χ4n) is 1.76. The molecule has 1 aromatic rings. The van der Waals surface area contributed by atoms with Crippen LogP contribution in [0.3, 0.4) is 0 Å². The molecule has 19 heavy (non-hydrogen) atoms. The second-order valence-corrected chi connectivity index (χ2v) is 6.76. The smallest absolute Gasteiger partial charge is 0.255 e. The maximum atomic E-state index is 12.2. The number of phenols is 1. The average molecular weight is 349 g/mol. The van der Waals surface area contributed by atoms with Gasteiger partial charge in [-0.15, -0.1) is 0 Å². The summed E-state index contributed by atoms with van der Waals surface area (Å²) >= 11 is 9.15. The second-order valence-electron chi connectivity index (χ2n) is 5.53. The first-order valence-electron chi connectivity index (χ1n) is 6.11. The standard InChI is InChI=1S/C14H19BrClNO2/c1-14(2,3)12(6-7-15)17-13(19)10-5-4-9(16)8-11(10)18/h4-5,8,12,18H,6-7H2,1-3H3,(H,17,19). The molecule has 5 heteroatoms. The van der Waals surface area contributed by atoms with E-state index in [0.717, 1.165) is 11.8 Å². The molecule has 0 fully saturated rings. The van der Waals surface area contributed by atoms with Crippen LogP contribution in [0.15, 0.2) is 18.2 Å². The Morgan fingerprint density at radius 3 is 2.58 bits per heavy atom. The number of hydrogen-bond acceptors (Lipinski definition) is 2. The molecule has 0 heterocycles. The van der Waals surface area contributed by atoms with Crippen LogP contribution < -0.4 is 5.32 Å². The van der Waals surface area contributed by atoms with Crippen LogP contribution in [0.2, 0.25) is 5.02 Å². The van der Waals surface area contributed by atoms with Gasteiger partial charge in [0.25, 0.3) is 5.91 Å². The minimum Gasteiger partial charge on any atom is -0.507 e. The number of carbonyl (C=O) groups is 1. The van der Waals surface area contributed by atoms with Crippen LogP contribution in [0.5, 0.6) is 5.75 Å². The number of halogens is 2. The Hall–Kier alpha value is -0.740. The van der Waals surface area contributed by atoms with Crippen molar-refractivity contribution in [2.45, 2.75) is 33.2 Å². The van der Waals surface area contributed by atoms with Crippen molar-refractivity contribution < 1.29 is 9.90 Å². The summed E-state index contributed by atoms with van der Waals surface area (Å²) < 4.78 is 0. The van der Waals surface area contributed by atoms with Gasteiger partial charge < -0.3 is 10.4 Å². The average Bonchev–Trinajstić information content (AvgIpc) is 2.26. The Morgan fingerprint density at radius 1 is 1.47 bits per heavy atom. The number of benzene rings is 1. The lowest BCUT2D eigenvalue weighted by Crippen LogP contribution is -2.44. The molecule has 1 atom stereocenters. The Kier molecular flexibility index (Phi) is 5.68. The third kappa shape index (κ3) is 4.69. The van der Waals surface area contributed by atoms with Crippen molar-refractivity contribution in [1.29, 1.82) is 0 Å². The van der Waals surface area contributed by atoms with Crippen LogP contribution in [0.25, 0.3) is 0 Å². The summed E-state index contributed by atoms with van der Waals surface area (Å²) in [6.45, 7) is 6.22. The number of aromatic hydroxyl groups is 1. The highest BCUT2D eigenvalue weighted by Crippen LogP contribution is 2.25. The van der Waals surface area contributed by atoms with E-state index < -0.39 is 0 Å². The van der Waals surface area contributed by atoms with Crippen LogP contribution >= 0.6 is 27.5 Å². The van der Waals surface area contributed by atoms with Crippen molar-refractivity contribution in [1.82, 2.24) is 5.32 Å². The van der Waals surface area contributed by atoms with Crippen molar-refractivity contribution in [3.8, 4) is 5.75 Å². The van der Waals surface area contributed by atoms with Crippen LogP contribution in [0, 0.1) is 5.41 Å². The predicted molar refractivity (Wildman–Crippen MR) is 82.2 cm³/mol. The number of nitrogens with one attached hydrogen (secondary N) is 1. The van der Waals surface area contributed by atoms with E-state index in [1.165, 1.54) is 12.1 Å². The van der Waals surface area contributed by atoms with Gasteiger partial charge in [0, 0.05) is 16.4 Å². The Bertz CT molecular complexity index is 457.